The van der Waals surface area contributed by atoms with Gasteiger partial charge in [-0.05, 0) is 44.6 Å². The molecule has 100 valence electrons. The molecule has 2 aromatic heterocycles. The number of hydrogen-bond acceptors (Lipinski definition) is 5. The molecule has 0 aromatic carbocycles. The highest BCUT2D eigenvalue weighted by Gasteiger charge is 2.36. The Bertz CT molecular complexity index is 658. The van der Waals surface area contributed by atoms with Crippen LogP contribution >= 0.6 is 11.3 Å². The number of nitrogens with two attached hydrogens (primary N) is 1. The molecule has 1 saturated heterocycles. The lowest BCUT2D eigenvalue weighted by molar-refractivity contribution is 0.00977. The third-order valence-electron chi connectivity index (χ3n) is 4.28. The van der Waals surface area contributed by atoms with Crippen molar-refractivity contribution in [3.05, 3.63) is 16.3 Å². The molecule has 1 fully saturated rings. The second-order valence-electron chi connectivity index (χ2n) is 5.65. The van der Waals surface area contributed by atoms with Gasteiger partial charge in [-0.15, -0.1) is 11.3 Å². The molecule has 0 saturated carbocycles. The Labute approximate surface area is 116 Å². The highest BCUT2D eigenvalue weighted by atomic mass is 32.1. The zero-order valence-corrected chi connectivity index (χ0v) is 11.8. The van der Waals surface area contributed by atoms with E-state index in [2.05, 4.69) is 11.9 Å². The van der Waals surface area contributed by atoms with Crippen LogP contribution in [0.3, 0.4) is 0 Å². The molecule has 1 unspecified atom stereocenters. The summed E-state index contributed by atoms with van der Waals surface area (Å²) in [5.41, 5.74) is 7.24. The van der Waals surface area contributed by atoms with Crippen molar-refractivity contribution in [2.45, 2.75) is 44.6 Å². The average molecular weight is 275 g/mol. The van der Waals surface area contributed by atoms with E-state index in [-0.39, 0.29) is 5.60 Å². The molecule has 19 heavy (non-hydrogen) atoms. The molecule has 0 spiro atoms. The molecule has 1 aliphatic carbocycles. The van der Waals surface area contributed by atoms with Gasteiger partial charge in [0.05, 0.1) is 5.39 Å². The molecule has 1 aliphatic heterocycles. The molecule has 5 heteroatoms. The van der Waals surface area contributed by atoms with Crippen molar-refractivity contribution in [3.63, 3.8) is 0 Å². The maximum Gasteiger partial charge on any atom is 0.163 e. The van der Waals surface area contributed by atoms with Crippen LogP contribution < -0.4 is 5.73 Å². The maximum atomic E-state index is 6.20. The summed E-state index contributed by atoms with van der Waals surface area (Å²) < 4.78 is 5.83. The van der Waals surface area contributed by atoms with E-state index in [0.717, 1.165) is 41.9 Å². The zero-order chi connectivity index (χ0) is 13.0. The van der Waals surface area contributed by atoms with Crippen molar-refractivity contribution < 1.29 is 4.74 Å². The minimum Gasteiger partial charge on any atom is -0.383 e. The van der Waals surface area contributed by atoms with Gasteiger partial charge in [-0.1, -0.05) is 0 Å². The SMILES string of the molecule is CC1(c2nc(N)c3c4c(sc3n2)CCC4)CCCO1. The van der Waals surface area contributed by atoms with Crippen LogP contribution in [-0.4, -0.2) is 16.6 Å². The lowest BCUT2D eigenvalue weighted by Crippen LogP contribution is -2.23. The highest BCUT2D eigenvalue weighted by Crippen LogP contribution is 2.41. The van der Waals surface area contributed by atoms with Crippen LogP contribution in [0.1, 0.15) is 42.5 Å². The summed E-state index contributed by atoms with van der Waals surface area (Å²) in [6.45, 7) is 2.86. The molecule has 0 bridgehead atoms. The minimum absolute atomic E-state index is 0.350. The number of nitrogen functional groups attached to an aromatic ring is 1. The Kier molecular flexibility index (Phi) is 2.38. The topological polar surface area (TPSA) is 61.0 Å². The first-order valence-corrected chi connectivity index (χ1v) is 7.71. The van der Waals surface area contributed by atoms with E-state index in [0.29, 0.717) is 5.82 Å². The quantitative estimate of drug-likeness (QED) is 0.869. The highest BCUT2D eigenvalue weighted by molar-refractivity contribution is 7.19. The minimum atomic E-state index is -0.350. The standard InChI is InChI=1S/C14H17N3OS/c1-14(6-3-7-18-14)13-16-11(15)10-8-4-2-5-9(8)19-12(10)17-13/h2-7H2,1H3,(H2,15,16,17). The number of fused-ring (bicyclic) bond motifs is 3. The largest absolute Gasteiger partial charge is 0.383 e. The van der Waals surface area contributed by atoms with Gasteiger partial charge >= 0.3 is 0 Å². The monoisotopic (exact) mass is 275 g/mol. The number of thiophene rings is 1. The van der Waals surface area contributed by atoms with Gasteiger partial charge in [-0.2, -0.15) is 0 Å². The Morgan fingerprint density at radius 2 is 2.16 bits per heavy atom. The second kappa shape index (κ2) is 3.90. The Hall–Kier alpha value is -1.20. The van der Waals surface area contributed by atoms with Crippen molar-refractivity contribution >= 4 is 27.4 Å². The number of hydrogen-bond donors (Lipinski definition) is 1. The van der Waals surface area contributed by atoms with Crippen molar-refractivity contribution in [3.8, 4) is 0 Å². The van der Waals surface area contributed by atoms with Gasteiger partial charge < -0.3 is 10.5 Å². The first kappa shape index (κ1) is 11.6. The molecule has 2 aliphatic rings. The fourth-order valence-electron chi connectivity index (χ4n) is 3.22. The van der Waals surface area contributed by atoms with Crippen LogP contribution in [0.25, 0.3) is 10.2 Å². The molecule has 1 atom stereocenters. The summed E-state index contributed by atoms with van der Waals surface area (Å²) in [5.74, 6) is 1.39. The predicted octanol–water partition coefficient (Wildman–Crippen LogP) is 2.79. The second-order valence-corrected chi connectivity index (χ2v) is 6.74. The average Bonchev–Trinajstić information content (AvgIpc) is 3.03. The summed E-state index contributed by atoms with van der Waals surface area (Å²) in [6, 6.07) is 0. The molecule has 4 rings (SSSR count). The van der Waals surface area contributed by atoms with Gasteiger partial charge in [0.25, 0.3) is 0 Å². The zero-order valence-electron chi connectivity index (χ0n) is 11.0. The maximum absolute atomic E-state index is 6.20. The fourth-order valence-corrected chi connectivity index (χ4v) is 4.48. The Balaban J connectivity index is 1.91. The lowest BCUT2D eigenvalue weighted by atomic mass is 10.0. The third-order valence-corrected chi connectivity index (χ3v) is 5.47. The van der Waals surface area contributed by atoms with E-state index in [9.17, 15) is 0 Å². The first-order valence-electron chi connectivity index (χ1n) is 6.89. The predicted molar refractivity (Wildman–Crippen MR) is 76.4 cm³/mol. The van der Waals surface area contributed by atoms with Gasteiger partial charge in [0.1, 0.15) is 16.2 Å². The first-order chi connectivity index (χ1) is 9.17. The van der Waals surface area contributed by atoms with Crippen molar-refractivity contribution in [2.75, 3.05) is 12.3 Å². The smallest absolute Gasteiger partial charge is 0.163 e. The van der Waals surface area contributed by atoms with Crippen molar-refractivity contribution in [1.82, 2.24) is 9.97 Å². The van der Waals surface area contributed by atoms with E-state index in [1.54, 1.807) is 11.3 Å². The molecule has 0 radical (unpaired) electrons. The summed E-state index contributed by atoms with van der Waals surface area (Å²) in [4.78, 5) is 11.8. The Morgan fingerprint density at radius 1 is 1.26 bits per heavy atom. The number of ether oxygens (including phenoxy) is 1. The summed E-state index contributed by atoms with van der Waals surface area (Å²) in [6.07, 6.45) is 5.57. The summed E-state index contributed by atoms with van der Waals surface area (Å²) >= 11 is 1.79. The van der Waals surface area contributed by atoms with Gasteiger partial charge in [-0.25, -0.2) is 9.97 Å². The van der Waals surface area contributed by atoms with E-state index < -0.39 is 0 Å². The van der Waals surface area contributed by atoms with Crippen LogP contribution in [0, 0.1) is 0 Å². The van der Waals surface area contributed by atoms with Crippen LogP contribution in [0.2, 0.25) is 0 Å². The number of nitrogens with zero attached hydrogens (tertiary/aromatic N) is 2. The van der Waals surface area contributed by atoms with E-state index >= 15 is 0 Å². The molecule has 0 amide bonds. The number of anilines is 1. The molecule has 2 aromatic rings. The Morgan fingerprint density at radius 3 is 2.95 bits per heavy atom. The van der Waals surface area contributed by atoms with Crippen molar-refractivity contribution in [2.24, 2.45) is 0 Å². The molecular weight excluding hydrogens is 258 g/mol. The van der Waals surface area contributed by atoms with E-state index in [1.807, 2.05) is 0 Å². The third kappa shape index (κ3) is 1.61. The van der Waals surface area contributed by atoms with E-state index in [4.69, 9.17) is 15.5 Å². The molecule has 2 N–H and O–H groups in total. The number of rotatable bonds is 1. The molecule has 4 nitrogen and oxygen atoms in total. The normalized spacial score (nSPS) is 26.2. The van der Waals surface area contributed by atoms with Gasteiger partial charge in [0.2, 0.25) is 0 Å². The van der Waals surface area contributed by atoms with Crippen LogP contribution in [0.15, 0.2) is 0 Å². The van der Waals surface area contributed by atoms with Crippen LogP contribution in [-0.2, 0) is 23.2 Å². The van der Waals surface area contributed by atoms with Gasteiger partial charge in [0, 0.05) is 11.5 Å². The van der Waals surface area contributed by atoms with Crippen LogP contribution in [0.5, 0.6) is 0 Å². The molecule has 3 heterocycles. The molecular formula is C14H17N3OS. The fraction of sp³-hybridized carbons (Fsp3) is 0.571. The van der Waals surface area contributed by atoms with Gasteiger partial charge in [0.15, 0.2) is 5.82 Å². The number of aryl methyl sites for hydroxylation is 2. The van der Waals surface area contributed by atoms with E-state index in [1.165, 1.54) is 23.3 Å². The van der Waals surface area contributed by atoms with Crippen LogP contribution in [0.4, 0.5) is 5.82 Å². The lowest BCUT2D eigenvalue weighted by Gasteiger charge is -2.21. The van der Waals surface area contributed by atoms with Gasteiger partial charge in [-0.3, -0.25) is 0 Å². The summed E-state index contributed by atoms with van der Waals surface area (Å²) in [7, 11) is 0. The number of aromatic nitrogens is 2. The summed E-state index contributed by atoms with van der Waals surface area (Å²) in [5, 5.41) is 1.10. The van der Waals surface area contributed by atoms with Crippen molar-refractivity contribution in [1.29, 1.82) is 0 Å².